The van der Waals surface area contributed by atoms with Crippen LogP contribution < -0.4 is 11.1 Å². The second-order valence-electron chi connectivity index (χ2n) is 7.67. The van der Waals surface area contributed by atoms with Crippen molar-refractivity contribution in [2.24, 2.45) is 5.73 Å². The maximum Gasteiger partial charge on any atom is 0.338 e. The Morgan fingerprint density at radius 3 is 2.56 bits per heavy atom. The molecule has 0 saturated carbocycles. The predicted octanol–water partition coefficient (Wildman–Crippen LogP) is 5.26. The van der Waals surface area contributed by atoms with E-state index in [0.29, 0.717) is 11.3 Å². The Labute approximate surface area is 200 Å². The van der Waals surface area contributed by atoms with Gasteiger partial charge in [-0.2, -0.15) is 0 Å². The Bertz CT molecular complexity index is 1180. The van der Waals surface area contributed by atoms with Gasteiger partial charge in [0.25, 0.3) is 0 Å². The van der Waals surface area contributed by atoms with Crippen LogP contribution in [0, 0.1) is 0 Å². The van der Waals surface area contributed by atoms with Gasteiger partial charge in [0.15, 0.2) is 0 Å². The number of anilines is 1. The van der Waals surface area contributed by atoms with E-state index in [4.69, 9.17) is 10.5 Å². The lowest BCUT2D eigenvalue weighted by molar-refractivity contribution is -0.139. The van der Waals surface area contributed by atoms with Gasteiger partial charge in [-0.3, -0.25) is 9.78 Å². The summed E-state index contributed by atoms with van der Waals surface area (Å²) in [5.74, 6) is -0.983. The number of amides is 1. The summed E-state index contributed by atoms with van der Waals surface area (Å²) in [4.78, 5) is 29.1. The Kier molecular flexibility index (Phi) is 9.12. The first-order chi connectivity index (χ1) is 16.6. The van der Waals surface area contributed by atoms with E-state index in [9.17, 15) is 9.59 Å². The fourth-order valence-electron chi connectivity index (χ4n) is 3.63. The van der Waals surface area contributed by atoms with Crippen LogP contribution in [0.2, 0.25) is 0 Å². The van der Waals surface area contributed by atoms with Crippen molar-refractivity contribution in [3.63, 3.8) is 0 Å². The quantitative estimate of drug-likeness (QED) is 0.472. The van der Waals surface area contributed by atoms with Crippen LogP contribution in [0.4, 0.5) is 5.69 Å². The summed E-state index contributed by atoms with van der Waals surface area (Å²) >= 11 is 0. The van der Waals surface area contributed by atoms with Crippen LogP contribution >= 0.6 is 0 Å². The number of hydrogen-bond acceptors (Lipinski definition) is 5. The van der Waals surface area contributed by atoms with Gasteiger partial charge in [-0.25, -0.2) is 4.79 Å². The van der Waals surface area contributed by atoms with Crippen molar-refractivity contribution in [1.82, 2.24) is 4.98 Å². The standard InChI is InChI=1S/C26H25N3O3.C2H6/c27-15-24(25(30)29-23-11-10-22-16-28-13-12-21(22)14-23)19-8-6-18(7-9-19)17-32-26(31)20-4-2-1-3-5-20;1-2/h2,4-14,16,24H,1,3,15,17,27H2,(H,29,30);1-2H3. The number of rotatable bonds is 7. The number of hydrogen-bond donors (Lipinski definition) is 2. The highest BCUT2D eigenvalue weighted by molar-refractivity contribution is 5.98. The van der Waals surface area contributed by atoms with E-state index in [0.717, 1.165) is 34.7 Å². The number of benzene rings is 2. The van der Waals surface area contributed by atoms with Gasteiger partial charge >= 0.3 is 5.97 Å². The molecule has 1 unspecified atom stereocenters. The molecule has 1 amide bonds. The summed E-state index contributed by atoms with van der Waals surface area (Å²) in [5.41, 5.74) is 8.88. The Hall–Kier alpha value is -3.77. The average molecular weight is 458 g/mol. The fraction of sp³-hybridized carbons (Fsp3) is 0.250. The first kappa shape index (κ1) is 24.9. The molecule has 0 radical (unpaired) electrons. The van der Waals surface area contributed by atoms with Crippen LogP contribution in [-0.4, -0.2) is 23.4 Å². The Morgan fingerprint density at radius 2 is 1.85 bits per heavy atom. The van der Waals surface area contributed by atoms with Crippen molar-refractivity contribution in [3.8, 4) is 0 Å². The largest absolute Gasteiger partial charge is 0.457 e. The molecule has 6 nitrogen and oxygen atoms in total. The normalized spacial score (nSPS) is 13.3. The van der Waals surface area contributed by atoms with Gasteiger partial charge < -0.3 is 15.8 Å². The van der Waals surface area contributed by atoms with Crippen LogP contribution in [0.1, 0.15) is 43.7 Å². The molecule has 1 aliphatic rings. The molecule has 4 rings (SSSR count). The minimum absolute atomic E-state index is 0.170. The number of nitrogens with two attached hydrogens (primary N) is 1. The number of aromatic nitrogens is 1. The molecular weight excluding hydrogens is 426 g/mol. The van der Waals surface area contributed by atoms with E-state index < -0.39 is 5.92 Å². The van der Waals surface area contributed by atoms with E-state index in [-0.39, 0.29) is 25.0 Å². The molecule has 1 aromatic heterocycles. The summed E-state index contributed by atoms with van der Waals surface area (Å²) in [6.45, 7) is 4.36. The average Bonchev–Trinajstić information content (AvgIpc) is 2.90. The second-order valence-corrected chi connectivity index (χ2v) is 7.67. The molecular formula is C28H31N3O3. The van der Waals surface area contributed by atoms with Crippen LogP contribution in [-0.2, 0) is 20.9 Å². The van der Waals surface area contributed by atoms with Crippen molar-refractivity contribution in [2.45, 2.75) is 39.2 Å². The molecule has 3 aromatic rings. The van der Waals surface area contributed by atoms with E-state index in [1.165, 1.54) is 0 Å². The maximum atomic E-state index is 12.9. The maximum absolute atomic E-state index is 12.9. The van der Waals surface area contributed by atoms with Gasteiger partial charge in [-0.15, -0.1) is 0 Å². The zero-order valence-electron chi connectivity index (χ0n) is 19.7. The molecule has 0 bridgehead atoms. The number of esters is 1. The molecule has 0 spiro atoms. The van der Waals surface area contributed by atoms with Crippen LogP contribution in [0.15, 0.2) is 84.7 Å². The van der Waals surface area contributed by atoms with Crippen molar-refractivity contribution >= 4 is 28.3 Å². The Morgan fingerprint density at radius 1 is 1.06 bits per heavy atom. The van der Waals surface area contributed by atoms with Crippen LogP contribution in [0.25, 0.3) is 10.8 Å². The van der Waals surface area contributed by atoms with Gasteiger partial charge in [0, 0.05) is 30.0 Å². The Balaban J connectivity index is 0.00000158. The van der Waals surface area contributed by atoms with Crippen LogP contribution in [0.5, 0.6) is 0 Å². The third-order valence-electron chi connectivity index (χ3n) is 5.44. The highest BCUT2D eigenvalue weighted by Gasteiger charge is 2.19. The second kappa shape index (κ2) is 12.5. The lowest BCUT2D eigenvalue weighted by Crippen LogP contribution is -2.27. The molecule has 0 fully saturated rings. The smallest absolute Gasteiger partial charge is 0.338 e. The first-order valence-electron chi connectivity index (χ1n) is 11.6. The molecule has 2 aromatic carbocycles. The van der Waals surface area contributed by atoms with Crippen LogP contribution in [0.3, 0.4) is 0 Å². The molecule has 0 saturated heterocycles. The van der Waals surface area contributed by atoms with Crippen molar-refractivity contribution < 1.29 is 14.3 Å². The molecule has 34 heavy (non-hydrogen) atoms. The predicted molar refractivity (Wildman–Crippen MR) is 136 cm³/mol. The number of fused-ring (bicyclic) bond motifs is 1. The van der Waals surface area contributed by atoms with E-state index in [1.54, 1.807) is 18.5 Å². The number of nitrogens with one attached hydrogen (secondary N) is 1. The summed E-state index contributed by atoms with van der Waals surface area (Å²) in [6, 6.07) is 15.0. The van der Waals surface area contributed by atoms with Crippen molar-refractivity contribution in [1.29, 1.82) is 0 Å². The molecule has 1 heterocycles. The minimum atomic E-state index is -0.489. The molecule has 1 aliphatic carbocycles. The monoisotopic (exact) mass is 457 g/mol. The van der Waals surface area contributed by atoms with E-state index in [2.05, 4.69) is 10.3 Å². The molecule has 0 aliphatic heterocycles. The fourth-order valence-corrected chi connectivity index (χ4v) is 3.63. The lowest BCUT2D eigenvalue weighted by Gasteiger charge is -2.16. The number of pyridine rings is 1. The zero-order valence-corrected chi connectivity index (χ0v) is 19.7. The number of ether oxygens (including phenoxy) is 1. The molecule has 3 N–H and O–H groups in total. The highest BCUT2D eigenvalue weighted by Crippen LogP contribution is 2.22. The summed E-state index contributed by atoms with van der Waals surface area (Å²) in [5, 5.41) is 4.96. The summed E-state index contributed by atoms with van der Waals surface area (Å²) in [7, 11) is 0. The van der Waals surface area contributed by atoms with Gasteiger partial charge in [0.1, 0.15) is 6.61 Å². The number of carbonyl (C=O) groups is 2. The van der Waals surface area contributed by atoms with Gasteiger partial charge in [-0.1, -0.05) is 62.4 Å². The first-order valence-corrected chi connectivity index (χ1v) is 11.6. The number of allylic oxidation sites excluding steroid dienone is 2. The van der Waals surface area contributed by atoms with Gasteiger partial charge in [-0.05, 0) is 47.6 Å². The SMILES string of the molecule is CC.NCC(C(=O)Nc1ccc2cnccc2c1)c1ccc(COC(=O)C2=CCCC=C2)cc1. The third kappa shape index (κ3) is 6.39. The summed E-state index contributed by atoms with van der Waals surface area (Å²) in [6.07, 6.45) is 11.0. The summed E-state index contributed by atoms with van der Waals surface area (Å²) < 4.78 is 5.39. The van der Waals surface area contributed by atoms with E-state index >= 15 is 0 Å². The van der Waals surface area contributed by atoms with Crippen molar-refractivity contribution in [3.05, 3.63) is 95.9 Å². The lowest BCUT2D eigenvalue weighted by atomic mass is 9.97. The number of carbonyl (C=O) groups excluding carboxylic acids is 2. The number of nitrogens with zero attached hydrogens (tertiary/aromatic N) is 1. The third-order valence-corrected chi connectivity index (χ3v) is 5.44. The molecule has 176 valence electrons. The van der Waals surface area contributed by atoms with E-state index in [1.807, 2.05) is 74.5 Å². The molecule has 1 atom stereocenters. The topological polar surface area (TPSA) is 94.3 Å². The highest BCUT2D eigenvalue weighted by atomic mass is 16.5. The van der Waals surface area contributed by atoms with Gasteiger partial charge in [0.05, 0.1) is 11.5 Å². The molecule has 6 heteroatoms. The van der Waals surface area contributed by atoms with Gasteiger partial charge in [0.2, 0.25) is 5.91 Å². The van der Waals surface area contributed by atoms with Crippen molar-refractivity contribution in [2.75, 3.05) is 11.9 Å². The zero-order chi connectivity index (χ0) is 24.3. The minimum Gasteiger partial charge on any atom is -0.457 e.